The fraction of sp³-hybridized carbons (Fsp3) is 0.567. The van der Waals surface area contributed by atoms with Crippen LogP contribution in [0.25, 0.3) is 0 Å². The van der Waals surface area contributed by atoms with Gasteiger partial charge < -0.3 is 23.7 Å². The molecule has 38 heavy (non-hydrogen) atoms. The van der Waals surface area contributed by atoms with Crippen LogP contribution in [0.15, 0.2) is 42.5 Å². The van der Waals surface area contributed by atoms with Crippen LogP contribution in [0.4, 0.5) is 4.79 Å². The minimum atomic E-state index is -1.24. The first-order valence-electron chi connectivity index (χ1n) is 13.3. The fourth-order valence-electron chi connectivity index (χ4n) is 5.24. The molecule has 0 aromatic heterocycles. The van der Waals surface area contributed by atoms with Gasteiger partial charge in [-0.2, -0.15) is 0 Å². The van der Waals surface area contributed by atoms with E-state index in [1.807, 2.05) is 77.9 Å². The molecule has 1 fully saturated rings. The maximum absolute atomic E-state index is 13.3. The Morgan fingerprint density at radius 1 is 1.08 bits per heavy atom. The number of ether oxygens (including phenoxy) is 3. The van der Waals surface area contributed by atoms with Crippen molar-refractivity contribution < 1.29 is 23.6 Å². The Hall–Kier alpha value is -2.42. The van der Waals surface area contributed by atoms with E-state index in [4.69, 9.17) is 14.2 Å². The van der Waals surface area contributed by atoms with Crippen molar-refractivity contribution in [3.8, 4) is 11.5 Å². The summed E-state index contributed by atoms with van der Waals surface area (Å²) in [6.07, 6.45) is 2.12. The van der Waals surface area contributed by atoms with Gasteiger partial charge in [0.25, 0.3) is 0 Å². The van der Waals surface area contributed by atoms with Gasteiger partial charge in [0.2, 0.25) is 0 Å². The summed E-state index contributed by atoms with van der Waals surface area (Å²) in [5, 5.41) is 0. The number of methoxy groups -OCH3 is 1. The lowest BCUT2D eigenvalue weighted by Crippen LogP contribution is -2.51. The van der Waals surface area contributed by atoms with E-state index < -0.39 is 21.7 Å². The number of fused-ring (bicyclic) bond motifs is 1. The Labute approximate surface area is 230 Å². The van der Waals surface area contributed by atoms with E-state index in [-0.39, 0.29) is 17.6 Å². The van der Waals surface area contributed by atoms with Crippen LogP contribution < -0.4 is 14.2 Å². The highest BCUT2D eigenvalue weighted by Gasteiger charge is 2.52. The molecule has 1 N–H and O–H groups in total. The molecule has 1 heterocycles. The summed E-state index contributed by atoms with van der Waals surface area (Å²) in [6, 6.07) is 14.0. The molecule has 7 nitrogen and oxygen atoms in total. The van der Waals surface area contributed by atoms with Crippen molar-refractivity contribution in [2.75, 3.05) is 20.2 Å². The lowest BCUT2D eigenvalue weighted by atomic mass is 9.73. The molecule has 1 saturated heterocycles. The van der Waals surface area contributed by atoms with Gasteiger partial charge in [-0.05, 0) is 95.7 Å². The number of hydrogen-bond acceptors (Lipinski definition) is 6. The van der Waals surface area contributed by atoms with Crippen molar-refractivity contribution in [3.63, 3.8) is 0 Å². The lowest BCUT2D eigenvalue weighted by Gasteiger charge is -2.43. The minimum Gasteiger partial charge on any atom is -0.598 e. The molecule has 2 atom stereocenters. The Kier molecular flexibility index (Phi) is 8.26. The number of carbonyl (C=O) groups excluding carboxylic acids is 1. The van der Waals surface area contributed by atoms with Gasteiger partial charge >= 0.3 is 6.09 Å². The third-order valence-corrected chi connectivity index (χ3v) is 8.93. The van der Waals surface area contributed by atoms with E-state index in [0.29, 0.717) is 19.7 Å². The van der Waals surface area contributed by atoms with Gasteiger partial charge in [0, 0.05) is 29.9 Å². The third kappa shape index (κ3) is 6.41. The van der Waals surface area contributed by atoms with E-state index in [0.717, 1.165) is 47.5 Å². The molecule has 2 aromatic carbocycles. The molecule has 1 amide bonds. The second-order valence-corrected chi connectivity index (χ2v) is 14.4. The minimum absolute atomic E-state index is 0.0946. The quantitative estimate of drug-likeness (QED) is 0.455. The first-order chi connectivity index (χ1) is 17.8. The largest absolute Gasteiger partial charge is 0.598 e. The van der Waals surface area contributed by atoms with Crippen LogP contribution in [0, 0.1) is 5.41 Å². The third-order valence-electron chi connectivity index (χ3n) is 7.37. The maximum Gasteiger partial charge on any atom is 0.410 e. The Balaban J connectivity index is 1.57. The fourth-order valence-corrected chi connectivity index (χ4v) is 6.19. The van der Waals surface area contributed by atoms with Gasteiger partial charge in [-0.1, -0.05) is 24.3 Å². The maximum atomic E-state index is 13.3. The Morgan fingerprint density at radius 2 is 1.74 bits per heavy atom. The van der Waals surface area contributed by atoms with Crippen LogP contribution in [0.3, 0.4) is 0 Å². The normalized spacial score (nSPS) is 19.7. The molecule has 0 bridgehead atoms. The smallest absolute Gasteiger partial charge is 0.410 e. The number of benzene rings is 2. The number of piperidine rings is 1. The van der Waals surface area contributed by atoms with Gasteiger partial charge in [-0.15, -0.1) is 4.72 Å². The van der Waals surface area contributed by atoms with Crippen LogP contribution in [0.5, 0.6) is 11.5 Å². The van der Waals surface area contributed by atoms with Crippen LogP contribution in [0.1, 0.15) is 77.1 Å². The topological polar surface area (TPSA) is 83.1 Å². The molecule has 208 valence electrons. The van der Waals surface area contributed by atoms with Crippen molar-refractivity contribution in [2.45, 2.75) is 83.8 Å². The summed E-state index contributed by atoms with van der Waals surface area (Å²) < 4.78 is 33.6. The summed E-state index contributed by atoms with van der Waals surface area (Å²) in [5.74, 6) is 1.67. The summed E-state index contributed by atoms with van der Waals surface area (Å²) in [7, 11) is 1.66. The molecule has 8 heteroatoms. The zero-order valence-electron chi connectivity index (χ0n) is 23.8. The summed E-state index contributed by atoms with van der Waals surface area (Å²) in [6.45, 7) is 13.3. The van der Waals surface area contributed by atoms with E-state index >= 15 is 0 Å². The van der Waals surface area contributed by atoms with Crippen molar-refractivity contribution in [2.24, 2.45) is 5.41 Å². The van der Waals surface area contributed by atoms with Gasteiger partial charge in [-0.3, -0.25) is 0 Å². The first-order valence-corrected chi connectivity index (χ1v) is 14.5. The molecular formula is C30H42N2O5S. The van der Waals surface area contributed by atoms with E-state index in [1.165, 1.54) is 0 Å². The van der Waals surface area contributed by atoms with Gasteiger partial charge in [0.15, 0.2) is 0 Å². The molecule has 2 aromatic rings. The zero-order chi connectivity index (χ0) is 27.7. The predicted molar refractivity (Wildman–Crippen MR) is 151 cm³/mol. The highest BCUT2D eigenvalue weighted by molar-refractivity contribution is 7.90. The molecular weight excluding hydrogens is 500 g/mol. The van der Waals surface area contributed by atoms with Gasteiger partial charge in [0.05, 0.1) is 13.2 Å². The van der Waals surface area contributed by atoms with Gasteiger partial charge in [0.1, 0.15) is 28.5 Å². The van der Waals surface area contributed by atoms with Gasteiger partial charge in [-0.25, -0.2) is 4.79 Å². The van der Waals surface area contributed by atoms with Crippen molar-refractivity contribution >= 4 is 17.5 Å². The van der Waals surface area contributed by atoms with Crippen LogP contribution in [-0.2, 0) is 29.1 Å². The van der Waals surface area contributed by atoms with E-state index in [2.05, 4.69) is 10.8 Å². The van der Waals surface area contributed by atoms with Crippen molar-refractivity contribution in [3.05, 3.63) is 59.2 Å². The molecule has 2 aliphatic rings. The number of hydrogen-bond donors (Lipinski definition) is 1. The summed E-state index contributed by atoms with van der Waals surface area (Å²) in [4.78, 5) is 14.6. The number of carbonyl (C=O) groups is 1. The van der Waals surface area contributed by atoms with Crippen LogP contribution >= 0.6 is 0 Å². The monoisotopic (exact) mass is 542 g/mol. The SMILES string of the molecule is COc1ccc(COc2cccc3c2CC2(CCN(C(=O)OC(C)(C)C)CC2)[C@H]3N[S+]([O-])C(C)(C)C)cc1. The Morgan fingerprint density at radius 3 is 2.32 bits per heavy atom. The molecule has 1 aliphatic carbocycles. The number of rotatable bonds is 6. The zero-order valence-corrected chi connectivity index (χ0v) is 24.6. The summed E-state index contributed by atoms with van der Waals surface area (Å²) in [5.41, 5.74) is 2.67. The van der Waals surface area contributed by atoms with E-state index in [1.54, 1.807) is 12.0 Å². The number of nitrogens with one attached hydrogen (secondary N) is 1. The number of amides is 1. The molecule has 0 radical (unpaired) electrons. The molecule has 4 rings (SSSR count). The highest BCUT2D eigenvalue weighted by Crippen LogP contribution is 2.54. The average molecular weight is 543 g/mol. The standard InChI is InChI=1S/C30H42N2O5S/c1-28(2,3)37-27(33)32-17-15-30(16-18-32)19-24-23(26(30)31-38(34)29(4,5)6)9-8-10-25(24)36-20-21-11-13-22(35-7)14-12-21/h8-14,26,31H,15-20H2,1-7H3/t26-,38?/m0/s1. The number of nitrogens with zero attached hydrogens (tertiary/aromatic N) is 1. The highest BCUT2D eigenvalue weighted by atomic mass is 32.2. The van der Waals surface area contributed by atoms with E-state index in [9.17, 15) is 9.35 Å². The molecule has 1 spiro atoms. The average Bonchev–Trinajstić information content (AvgIpc) is 3.14. The first kappa shape index (κ1) is 28.6. The van der Waals surface area contributed by atoms with Crippen molar-refractivity contribution in [1.29, 1.82) is 0 Å². The second kappa shape index (κ2) is 11.0. The number of likely N-dealkylation sites (tertiary alicyclic amines) is 1. The predicted octanol–water partition coefficient (Wildman–Crippen LogP) is 5.94. The Bertz CT molecular complexity index is 1110. The molecule has 1 aliphatic heterocycles. The van der Waals surface area contributed by atoms with Crippen molar-refractivity contribution in [1.82, 2.24) is 9.62 Å². The van der Waals surface area contributed by atoms with Crippen LogP contribution in [-0.4, -0.2) is 46.1 Å². The van der Waals surface area contributed by atoms with Crippen LogP contribution in [0.2, 0.25) is 0 Å². The second-order valence-electron chi connectivity index (χ2n) is 12.4. The lowest BCUT2D eigenvalue weighted by molar-refractivity contribution is 0.00711. The molecule has 0 saturated carbocycles. The summed E-state index contributed by atoms with van der Waals surface area (Å²) >= 11 is -1.24. The molecule has 1 unspecified atom stereocenters.